The molecule has 29 heavy (non-hydrogen) atoms. The Kier molecular flexibility index (Phi) is 5.19. The first kappa shape index (κ1) is 19.7. The van der Waals surface area contributed by atoms with Crippen LogP contribution in [0.1, 0.15) is 25.7 Å². The van der Waals surface area contributed by atoms with Gasteiger partial charge in [-0.05, 0) is 42.2 Å². The van der Waals surface area contributed by atoms with Crippen LogP contribution in [-0.4, -0.2) is 22.7 Å². The van der Waals surface area contributed by atoms with E-state index < -0.39 is 17.3 Å². The summed E-state index contributed by atoms with van der Waals surface area (Å²) in [5, 5.41) is 9.50. The molecule has 3 N–H and O–H groups in total. The number of ether oxygens (including phenoxy) is 1. The molecule has 2 aliphatic carbocycles. The van der Waals surface area contributed by atoms with E-state index in [1.54, 1.807) is 12.1 Å². The Hall–Kier alpha value is -2.63. The highest BCUT2D eigenvalue weighted by atomic mass is 35.5. The first-order valence-corrected chi connectivity index (χ1v) is 9.87. The molecule has 0 aliphatic heterocycles. The minimum absolute atomic E-state index is 0.0504. The summed E-state index contributed by atoms with van der Waals surface area (Å²) in [6.45, 7) is 0. The zero-order valence-electron chi connectivity index (χ0n) is 15.7. The molecular formula is C23H21ClFNO3. The lowest BCUT2D eigenvalue weighted by Crippen LogP contribution is -2.50. The quantitative estimate of drug-likeness (QED) is 0.730. The molecule has 150 valence electrons. The molecule has 2 atom stereocenters. The van der Waals surface area contributed by atoms with Crippen molar-refractivity contribution in [3.05, 3.63) is 76.6 Å². The van der Waals surface area contributed by atoms with Gasteiger partial charge in [0.15, 0.2) is 0 Å². The van der Waals surface area contributed by atoms with Crippen LogP contribution >= 0.6 is 11.6 Å². The summed E-state index contributed by atoms with van der Waals surface area (Å²) >= 11 is 6.17. The summed E-state index contributed by atoms with van der Waals surface area (Å²) < 4.78 is 20.2. The maximum atomic E-state index is 13.9. The number of carbonyl (C=O) groups is 1. The maximum absolute atomic E-state index is 13.9. The number of carboxylic acid groups (broad SMARTS) is 1. The Morgan fingerprint density at radius 2 is 1.93 bits per heavy atom. The average molecular weight is 414 g/mol. The predicted molar refractivity (Wildman–Crippen MR) is 110 cm³/mol. The van der Waals surface area contributed by atoms with E-state index in [-0.39, 0.29) is 17.5 Å². The van der Waals surface area contributed by atoms with Gasteiger partial charge < -0.3 is 15.6 Å². The van der Waals surface area contributed by atoms with Crippen molar-refractivity contribution in [2.75, 3.05) is 0 Å². The van der Waals surface area contributed by atoms with Crippen LogP contribution in [-0.2, 0) is 4.79 Å². The van der Waals surface area contributed by atoms with Crippen molar-refractivity contribution in [2.24, 2.45) is 5.73 Å². The number of hydrogen-bond acceptors (Lipinski definition) is 3. The molecule has 1 fully saturated rings. The Balaban J connectivity index is 1.61. The molecule has 4 nitrogen and oxygen atoms in total. The van der Waals surface area contributed by atoms with Crippen LogP contribution in [0.2, 0.25) is 5.02 Å². The van der Waals surface area contributed by atoms with Gasteiger partial charge in [0.2, 0.25) is 0 Å². The molecule has 0 radical (unpaired) electrons. The SMILES string of the molecule is NC1(C(=O)O)CCC2=CCC(Oc3ccccc3-c3cccc(F)c3Cl)C=C2C1. The van der Waals surface area contributed by atoms with Gasteiger partial charge in [0.25, 0.3) is 0 Å². The normalized spacial score (nSPS) is 23.6. The third-order valence-corrected chi connectivity index (χ3v) is 5.96. The van der Waals surface area contributed by atoms with Crippen LogP contribution in [0.15, 0.2) is 65.8 Å². The molecule has 6 heteroatoms. The highest BCUT2D eigenvalue weighted by molar-refractivity contribution is 6.33. The van der Waals surface area contributed by atoms with Crippen LogP contribution in [0.5, 0.6) is 5.75 Å². The van der Waals surface area contributed by atoms with E-state index in [1.807, 2.05) is 30.3 Å². The van der Waals surface area contributed by atoms with Gasteiger partial charge >= 0.3 is 5.97 Å². The molecule has 4 rings (SSSR count). The van der Waals surface area contributed by atoms with Gasteiger partial charge in [0.1, 0.15) is 23.2 Å². The van der Waals surface area contributed by atoms with E-state index in [1.165, 1.54) is 6.07 Å². The standard InChI is InChI=1S/C23H21ClFNO3/c24-21-18(5-3-6-19(21)25)17-4-1-2-7-20(17)29-16-9-8-14-10-11-23(26,22(27)28)13-15(14)12-16/h1-8,12,16H,9-11,13,26H2,(H,27,28). The van der Waals surface area contributed by atoms with Crippen molar-refractivity contribution in [1.82, 2.24) is 0 Å². The first-order valence-electron chi connectivity index (χ1n) is 9.50. The average Bonchev–Trinajstić information content (AvgIpc) is 2.70. The largest absolute Gasteiger partial charge is 0.485 e. The van der Waals surface area contributed by atoms with Gasteiger partial charge in [0.05, 0.1) is 5.02 Å². The Bertz CT molecular complexity index is 1030. The number of nitrogens with two attached hydrogens (primary N) is 1. The molecule has 0 aromatic heterocycles. The van der Waals surface area contributed by atoms with Gasteiger partial charge in [-0.2, -0.15) is 0 Å². The lowest BCUT2D eigenvalue weighted by atomic mass is 9.74. The number of aliphatic carboxylic acids is 1. The Morgan fingerprint density at radius 1 is 1.17 bits per heavy atom. The van der Waals surface area contributed by atoms with Crippen LogP contribution in [0.4, 0.5) is 4.39 Å². The fourth-order valence-electron chi connectivity index (χ4n) is 3.94. The van der Waals surface area contributed by atoms with Crippen LogP contribution < -0.4 is 10.5 Å². The third-order valence-electron chi connectivity index (χ3n) is 5.58. The van der Waals surface area contributed by atoms with E-state index in [4.69, 9.17) is 22.1 Å². The fourth-order valence-corrected chi connectivity index (χ4v) is 4.17. The smallest absolute Gasteiger partial charge is 0.324 e. The summed E-state index contributed by atoms with van der Waals surface area (Å²) in [5.74, 6) is -0.875. The molecule has 0 spiro atoms. The number of allylic oxidation sites excluding steroid dienone is 1. The summed E-state index contributed by atoms with van der Waals surface area (Å²) in [6, 6.07) is 12.0. The number of halogens is 2. The highest BCUT2D eigenvalue weighted by Gasteiger charge is 2.39. The molecule has 2 unspecified atom stereocenters. The van der Waals surface area contributed by atoms with Crippen molar-refractivity contribution < 1.29 is 19.0 Å². The van der Waals surface area contributed by atoms with E-state index in [2.05, 4.69) is 6.08 Å². The molecule has 1 saturated carbocycles. The van der Waals surface area contributed by atoms with Crippen molar-refractivity contribution in [3.63, 3.8) is 0 Å². The lowest BCUT2D eigenvalue weighted by Gasteiger charge is -2.35. The highest BCUT2D eigenvalue weighted by Crippen LogP contribution is 2.40. The van der Waals surface area contributed by atoms with Gasteiger partial charge in [0, 0.05) is 24.0 Å². The van der Waals surface area contributed by atoms with Crippen molar-refractivity contribution in [2.45, 2.75) is 37.3 Å². The number of rotatable bonds is 4. The lowest BCUT2D eigenvalue weighted by molar-refractivity contribution is -0.143. The number of para-hydroxylation sites is 1. The predicted octanol–water partition coefficient (Wildman–Crippen LogP) is 5.12. The van der Waals surface area contributed by atoms with Crippen LogP contribution in [0.3, 0.4) is 0 Å². The molecule has 0 saturated heterocycles. The second-order valence-electron chi connectivity index (χ2n) is 7.55. The second-order valence-corrected chi connectivity index (χ2v) is 7.93. The molecule has 0 amide bonds. The van der Waals surface area contributed by atoms with Gasteiger partial charge in [-0.3, -0.25) is 4.79 Å². The van der Waals surface area contributed by atoms with Crippen LogP contribution in [0, 0.1) is 5.82 Å². The third kappa shape index (κ3) is 3.80. The van der Waals surface area contributed by atoms with Gasteiger partial charge in [-0.25, -0.2) is 4.39 Å². The zero-order chi connectivity index (χ0) is 20.6. The number of fused-ring (bicyclic) bond motifs is 1. The van der Waals surface area contributed by atoms with Gasteiger partial charge in [-0.1, -0.05) is 48.0 Å². The monoisotopic (exact) mass is 413 g/mol. The molecule has 0 heterocycles. The topological polar surface area (TPSA) is 72.6 Å². The minimum Gasteiger partial charge on any atom is -0.485 e. The van der Waals surface area contributed by atoms with E-state index in [9.17, 15) is 14.3 Å². The van der Waals surface area contributed by atoms with E-state index in [0.717, 1.165) is 11.1 Å². The number of carboxylic acids is 1. The Morgan fingerprint density at radius 3 is 2.72 bits per heavy atom. The zero-order valence-corrected chi connectivity index (χ0v) is 16.5. The summed E-state index contributed by atoms with van der Waals surface area (Å²) in [6.07, 6.45) is 5.83. The number of hydrogen-bond donors (Lipinski definition) is 2. The van der Waals surface area contributed by atoms with E-state index in [0.29, 0.717) is 36.1 Å². The molecule has 2 aromatic rings. The summed E-state index contributed by atoms with van der Waals surface area (Å²) in [5.41, 5.74) is 8.18. The van der Waals surface area contributed by atoms with Crippen molar-refractivity contribution >= 4 is 17.6 Å². The van der Waals surface area contributed by atoms with Crippen molar-refractivity contribution in [3.8, 4) is 16.9 Å². The van der Waals surface area contributed by atoms with Crippen LogP contribution in [0.25, 0.3) is 11.1 Å². The number of benzene rings is 2. The maximum Gasteiger partial charge on any atom is 0.324 e. The van der Waals surface area contributed by atoms with Gasteiger partial charge in [-0.15, -0.1) is 0 Å². The molecule has 0 bridgehead atoms. The molecule has 2 aliphatic rings. The van der Waals surface area contributed by atoms with E-state index >= 15 is 0 Å². The summed E-state index contributed by atoms with van der Waals surface area (Å²) in [4.78, 5) is 11.5. The second kappa shape index (κ2) is 7.65. The first-order chi connectivity index (χ1) is 13.9. The van der Waals surface area contributed by atoms with Crippen molar-refractivity contribution in [1.29, 1.82) is 0 Å². The summed E-state index contributed by atoms with van der Waals surface area (Å²) in [7, 11) is 0. The molecular weight excluding hydrogens is 393 g/mol. The minimum atomic E-state index is -1.24. The molecule has 2 aromatic carbocycles. The fraction of sp³-hybridized carbons (Fsp3) is 0.261. The Labute approximate surface area is 173 Å².